The standard InChI is InChI=1S/C22H24N6O/c1-15-12-20(25-27(15)3)22(29)26(2)17-8-10-28(11-9-17)21-13-16(14-23)18-6-4-5-7-19(18)24-21/h4-7,12-13,17H,8-11H2,1-3H3. The second kappa shape index (κ2) is 7.55. The second-order valence-corrected chi connectivity index (χ2v) is 7.59. The van der Waals surface area contributed by atoms with Gasteiger partial charge in [-0.1, -0.05) is 18.2 Å². The van der Waals surface area contributed by atoms with Crippen molar-refractivity contribution in [2.75, 3.05) is 25.0 Å². The van der Waals surface area contributed by atoms with Gasteiger partial charge >= 0.3 is 0 Å². The number of piperidine rings is 1. The zero-order valence-electron chi connectivity index (χ0n) is 17.0. The number of rotatable bonds is 3. The lowest BCUT2D eigenvalue weighted by atomic mass is 10.0. The molecule has 3 aromatic rings. The molecule has 0 N–H and O–H groups in total. The zero-order valence-corrected chi connectivity index (χ0v) is 17.0. The van der Waals surface area contributed by atoms with E-state index in [4.69, 9.17) is 4.98 Å². The molecule has 1 fully saturated rings. The molecule has 3 heterocycles. The van der Waals surface area contributed by atoms with Crippen LogP contribution in [-0.2, 0) is 7.05 Å². The highest BCUT2D eigenvalue weighted by Crippen LogP contribution is 2.26. The summed E-state index contributed by atoms with van der Waals surface area (Å²) in [5.41, 5.74) is 2.93. The van der Waals surface area contributed by atoms with Crippen molar-refractivity contribution in [2.45, 2.75) is 25.8 Å². The Labute approximate surface area is 170 Å². The van der Waals surface area contributed by atoms with Crippen molar-refractivity contribution < 1.29 is 4.79 Å². The van der Waals surface area contributed by atoms with Crippen molar-refractivity contribution in [3.63, 3.8) is 0 Å². The predicted octanol–water partition coefficient (Wildman–Crippen LogP) is 2.89. The van der Waals surface area contributed by atoms with E-state index in [-0.39, 0.29) is 11.9 Å². The molecule has 0 radical (unpaired) electrons. The smallest absolute Gasteiger partial charge is 0.274 e. The summed E-state index contributed by atoms with van der Waals surface area (Å²) in [5.74, 6) is 0.788. The highest BCUT2D eigenvalue weighted by Gasteiger charge is 2.28. The van der Waals surface area contributed by atoms with Gasteiger partial charge in [0.05, 0.1) is 17.1 Å². The summed E-state index contributed by atoms with van der Waals surface area (Å²) in [5, 5.41) is 14.7. The molecule has 4 rings (SSSR count). The summed E-state index contributed by atoms with van der Waals surface area (Å²) in [6.45, 7) is 3.52. The zero-order chi connectivity index (χ0) is 20.5. The number of pyridine rings is 1. The van der Waals surface area contributed by atoms with Gasteiger partial charge in [-0.3, -0.25) is 9.48 Å². The molecule has 0 atom stereocenters. The number of aromatic nitrogens is 3. The third kappa shape index (κ3) is 3.54. The summed E-state index contributed by atoms with van der Waals surface area (Å²) in [7, 11) is 3.70. The van der Waals surface area contributed by atoms with Crippen molar-refractivity contribution in [3.8, 4) is 6.07 Å². The molecule has 1 saturated heterocycles. The lowest BCUT2D eigenvalue weighted by molar-refractivity contribution is 0.0702. The monoisotopic (exact) mass is 388 g/mol. The Balaban J connectivity index is 1.47. The number of hydrogen-bond acceptors (Lipinski definition) is 5. The molecule has 7 nitrogen and oxygen atoms in total. The Hall–Kier alpha value is -3.40. The number of carbonyl (C=O) groups excluding carboxylic acids is 1. The van der Waals surface area contributed by atoms with Crippen LogP contribution in [-0.4, -0.2) is 51.8 Å². The third-order valence-electron chi connectivity index (χ3n) is 5.81. The maximum atomic E-state index is 12.8. The average molecular weight is 388 g/mol. The number of anilines is 1. The number of nitrogens with zero attached hydrogens (tertiary/aromatic N) is 6. The molecule has 0 aliphatic carbocycles. The van der Waals surface area contributed by atoms with Crippen LogP contribution in [0.5, 0.6) is 0 Å². The van der Waals surface area contributed by atoms with Crippen LogP contribution in [0.4, 0.5) is 5.82 Å². The Bertz CT molecular complexity index is 1080. The van der Waals surface area contributed by atoms with Gasteiger partial charge in [0.15, 0.2) is 5.69 Å². The van der Waals surface area contributed by atoms with E-state index in [1.54, 1.807) is 4.68 Å². The Morgan fingerprint density at radius 2 is 1.97 bits per heavy atom. The van der Waals surface area contributed by atoms with Gasteiger partial charge in [0, 0.05) is 44.3 Å². The van der Waals surface area contributed by atoms with E-state index in [1.807, 2.05) is 62.3 Å². The van der Waals surface area contributed by atoms with Gasteiger partial charge in [-0.05, 0) is 38.0 Å². The Kier molecular flexibility index (Phi) is 4.93. The summed E-state index contributed by atoms with van der Waals surface area (Å²) in [6.07, 6.45) is 1.70. The molecule has 2 aromatic heterocycles. The number of fused-ring (bicyclic) bond motifs is 1. The van der Waals surface area contributed by atoms with E-state index in [0.717, 1.165) is 48.3 Å². The summed E-state index contributed by atoms with van der Waals surface area (Å²) >= 11 is 0. The summed E-state index contributed by atoms with van der Waals surface area (Å²) < 4.78 is 1.72. The fourth-order valence-corrected chi connectivity index (χ4v) is 3.91. The molecule has 29 heavy (non-hydrogen) atoms. The minimum absolute atomic E-state index is 0.0391. The first-order chi connectivity index (χ1) is 14.0. The van der Waals surface area contributed by atoms with E-state index in [1.165, 1.54) is 0 Å². The van der Waals surface area contributed by atoms with Gasteiger partial charge < -0.3 is 9.80 Å². The van der Waals surface area contributed by atoms with Crippen LogP contribution in [0.25, 0.3) is 10.9 Å². The molecule has 0 unspecified atom stereocenters. The van der Waals surface area contributed by atoms with Crippen LogP contribution < -0.4 is 4.90 Å². The average Bonchev–Trinajstić information content (AvgIpc) is 3.10. The van der Waals surface area contributed by atoms with Crippen molar-refractivity contribution >= 4 is 22.6 Å². The normalized spacial score (nSPS) is 14.8. The highest BCUT2D eigenvalue weighted by molar-refractivity contribution is 5.92. The number of benzene rings is 1. The van der Waals surface area contributed by atoms with Crippen LogP contribution in [0.1, 0.15) is 34.6 Å². The first kappa shape index (κ1) is 18.9. The number of nitriles is 1. The largest absolute Gasteiger partial charge is 0.356 e. The van der Waals surface area contributed by atoms with E-state index in [2.05, 4.69) is 16.1 Å². The van der Waals surface area contributed by atoms with E-state index < -0.39 is 0 Å². The van der Waals surface area contributed by atoms with Gasteiger partial charge in [0.1, 0.15) is 5.82 Å². The molecule has 1 aliphatic rings. The van der Waals surface area contributed by atoms with Crippen molar-refractivity contribution in [2.24, 2.45) is 7.05 Å². The lowest BCUT2D eigenvalue weighted by Gasteiger charge is -2.37. The Morgan fingerprint density at radius 3 is 2.62 bits per heavy atom. The molecule has 0 saturated carbocycles. The quantitative estimate of drug-likeness (QED) is 0.689. The van der Waals surface area contributed by atoms with Crippen molar-refractivity contribution in [3.05, 3.63) is 53.3 Å². The van der Waals surface area contributed by atoms with Crippen LogP contribution in [0.2, 0.25) is 0 Å². The van der Waals surface area contributed by atoms with Gasteiger partial charge in [-0.15, -0.1) is 0 Å². The van der Waals surface area contributed by atoms with Gasteiger partial charge in [0.25, 0.3) is 5.91 Å². The molecule has 148 valence electrons. The van der Waals surface area contributed by atoms with Crippen LogP contribution in [0, 0.1) is 18.3 Å². The number of hydrogen-bond donors (Lipinski definition) is 0. The fraction of sp³-hybridized carbons (Fsp3) is 0.364. The molecule has 0 spiro atoms. The molecule has 1 aliphatic heterocycles. The molecule has 1 aromatic carbocycles. The topological polar surface area (TPSA) is 78.1 Å². The fourth-order valence-electron chi connectivity index (χ4n) is 3.91. The molecule has 7 heteroatoms. The number of aryl methyl sites for hydroxylation is 2. The number of para-hydroxylation sites is 1. The summed E-state index contributed by atoms with van der Waals surface area (Å²) in [4.78, 5) is 21.5. The first-order valence-electron chi connectivity index (χ1n) is 9.80. The van der Waals surface area contributed by atoms with Crippen LogP contribution >= 0.6 is 0 Å². The highest BCUT2D eigenvalue weighted by atomic mass is 16.2. The van der Waals surface area contributed by atoms with E-state index >= 15 is 0 Å². The number of carbonyl (C=O) groups is 1. The minimum atomic E-state index is -0.0391. The SMILES string of the molecule is Cc1cc(C(=O)N(C)C2CCN(c3cc(C#N)c4ccccc4n3)CC2)nn1C. The van der Waals surface area contributed by atoms with Gasteiger partial charge in [0.2, 0.25) is 0 Å². The molecule has 0 bridgehead atoms. The van der Waals surface area contributed by atoms with E-state index in [0.29, 0.717) is 11.3 Å². The number of amides is 1. The lowest BCUT2D eigenvalue weighted by Crippen LogP contribution is -2.46. The first-order valence-corrected chi connectivity index (χ1v) is 9.80. The van der Waals surface area contributed by atoms with Crippen molar-refractivity contribution in [1.29, 1.82) is 5.26 Å². The molecule has 1 amide bonds. The minimum Gasteiger partial charge on any atom is -0.356 e. The van der Waals surface area contributed by atoms with Crippen LogP contribution in [0.15, 0.2) is 36.4 Å². The second-order valence-electron chi connectivity index (χ2n) is 7.59. The third-order valence-corrected chi connectivity index (χ3v) is 5.81. The Morgan fingerprint density at radius 1 is 1.24 bits per heavy atom. The van der Waals surface area contributed by atoms with Gasteiger partial charge in [-0.25, -0.2) is 4.98 Å². The maximum Gasteiger partial charge on any atom is 0.274 e. The van der Waals surface area contributed by atoms with E-state index in [9.17, 15) is 10.1 Å². The van der Waals surface area contributed by atoms with Crippen LogP contribution in [0.3, 0.4) is 0 Å². The maximum absolute atomic E-state index is 12.8. The molecular formula is C22H24N6O. The molecular weight excluding hydrogens is 364 g/mol. The van der Waals surface area contributed by atoms with Gasteiger partial charge in [-0.2, -0.15) is 10.4 Å². The predicted molar refractivity (Wildman–Crippen MR) is 112 cm³/mol. The summed E-state index contributed by atoms with van der Waals surface area (Å²) in [6, 6.07) is 13.9. The van der Waals surface area contributed by atoms with Crippen molar-refractivity contribution in [1.82, 2.24) is 19.7 Å².